The molecule has 32 heavy (non-hydrogen) atoms. The molecule has 2 heterocycles. The van der Waals surface area contributed by atoms with Crippen LogP contribution in [-0.2, 0) is 17.6 Å². The number of carbonyl (C=O) groups is 1. The maximum atomic E-state index is 12.7. The molecular weight excluding hydrogens is 410 g/mol. The zero-order valence-electron chi connectivity index (χ0n) is 19.0. The maximum absolute atomic E-state index is 12.7. The van der Waals surface area contributed by atoms with Crippen molar-refractivity contribution in [2.75, 3.05) is 19.5 Å². The number of benzene rings is 2. The molecule has 4 rings (SSSR count). The van der Waals surface area contributed by atoms with Crippen molar-refractivity contribution in [1.29, 1.82) is 0 Å². The third-order valence-corrected chi connectivity index (χ3v) is 5.86. The average Bonchev–Trinajstić information content (AvgIpc) is 2.75. The van der Waals surface area contributed by atoms with Gasteiger partial charge in [-0.1, -0.05) is 0 Å². The number of aryl methyl sites for hydroxylation is 2. The standard InChI is InChI=1S/C25H27NO6/c1-14-17-10-15-8-9-25(2,3)32-20(15)13-21(17)31-24(28)18(14)12-23(27)26-16-6-7-19(29-4)22(11-16)30-5/h6-7,10-11,13H,8-9,12H2,1-5H3,(H,26,27). The highest BCUT2D eigenvalue weighted by molar-refractivity contribution is 5.94. The summed E-state index contributed by atoms with van der Waals surface area (Å²) < 4.78 is 22.1. The van der Waals surface area contributed by atoms with Crippen molar-refractivity contribution in [3.63, 3.8) is 0 Å². The second-order valence-electron chi connectivity index (χ2n) is 8.61. The zero-order chi connectivity index (χ0) is 23.0. The number of ether oxygens (including phenoxy) is 3. The van der Waals surface area contributed by atoms with E-state index in [0.29, 0.717) is 28.3 Å². The van der Waals surface area contributed by atoms with Gasteiger partial charge in [0.1, 0.15) is 16.9 Å². The number of rotatable bonds is 5. The molecule has 0 radical (unpaired) electrons. The van der Waals surface area contributed by atoms with E-state index in [2.05, 4.69) is 5.32 Å². The Bertz CT molecular complexity index is 1260. The van der Waals surface area contributed by atoms with Gasteiger partial charge in [0.05, 0.1) is 26.2 Å². The molecule has 1 N–H and O–H groups in total. The molecular formula is C25H27NO6. The van der Waals surface area contributed by atoms with Crippen LogP contribution in [0, 0.1) is 6.92 Å². The number of methoxy groups -OCH3 is 2. The van der Waals surface area contributed by atoms with Crippen LogP contribution in [-0.4, -0.2) is 25.7 Å². The van der Waals surface area contributed by atoms with Crippen molar-refractivity contribution in [1.82, 2.24) is 0 Å². The molecule has 0 saturated heterocycles. The highest BCUT2D eigenvalue weighted by atomic mass is 16.5. The van der Waals surface area contributed by atoms with E-state index in [1.807, 2.05) is 26.8 Å². The third-order valence-electron chi connectivity index (χ3n) is 5.86. The first kappa shape index (κ1) is 21.7. The van der Waals surface area contributed by atoms with Crippen LogP contribution < -0.4 is 25.2 Å². The minimum Gasteiger partial charge on any atom is -0.493 e. The molecule has 168 valence electrons. The smallest absolute Gasteiger partial charge is 0.340 e. The van der Waals surface area contributed by atoms with Gasteiger partial charge in [-0.05, 0) is 62.9 Å². The fourth-order valence-corrected chi connectivity index (χ4v) is 4.02. The van der Waals surface area contributed by atoms with Crippen molar-refractivity contribution in [3.05, 3.63) is 57.4 Å². The Balaban J connectivity index is 1.62. The van der Waals surface area contributed by atoms with Gasteiger partial charge in [-0.15, -0.1) is 0 Å². The van der Waals surface area contributed by atoms with Gasteiger partial charge in [0.25, 0.3) is 0 Å². The van der Waals surface area contributed by atoms with Crippen LogP contribution in [0.25, 0.3) is 11.0 Å². The largest absolute Gasteiger partial charge is 0.493 e. The SMILES string of the molecule is COc1ccc(NC(=O)Cc2c(C)c3cc4c(cc3oc2=O)OC(C)(C)CC4)cc1OC. The topological polar surface area (TPSA) is 87.0 Å². The molecule has 7 heteroatoms. The number of hydrogen-bond acceptors (Lipinski definition) is 6. The molecule has 3 aromatic rings. The molecule has 0 bridgehead atoms. The molecule has 1 aliphatic rings. The van der Waals surface area contributed by atoms with Crippen molar-refractivity contribution in [3.8, 4) is 17.2 Å². The highest BCUT2D eigenvalue weighted by Gasteiger charge is 2.28. The summed E-state index contributed by atoms with van der Waals surface area (Å²) in [5.41, 5.74) is 2.40. The second kappa shape index (κ2) is 8.22. The van der Waals surface area contributed by atoms with E-state index in [1.54, 1.807) is 31.4 Å². The van der Waals surface area contributed by atoms with Gasteiger partial charge in [-0.25, -0.2) is 4.79 Å². The van der Waals surface area contributed by atoms with E-state index in [9.17, 15) is 9.59 Å². The number of anilines is 1. The Hall–Kier alpha value is -3.48. The van der Waals surface area contributed by atoms with Gasteiger partial charge in [0.15, 0.2) is 11.5 Å². The molecule has 0 aliphatic carbocycles. The minimum atomic E-state index is -0.521. The first-order valence-electron chi connectivity index (χ1n) is 10.5. The van der Waals surface area contributed by atoms with Gasteiger partial charge in [-0.3, -0.25) is 4.79 Å². The second-order valence-corrected chi connectivity index (χ2v) is 8.61. The normalized spacial score (nSPS) is 14.4. The Morgan fingerprint density at radius 2 is 1.88 bits per heavy atom. The van der Waals surface area contributed by atoms with Crippen LogP contribution in [0.4, 0.5) is 5.69 Å². The molecule has 0 fully saturated rings. The number of carbonyl (C=O) groups excluding carboxylic acids is 1. The first-order valence-corrected chi connectivity index (χ1v) is 10.5. The monoisotopic (exact) mass is 437 g/mol. The van der Waals surface area contributed by atoms with Crippen LogP contribution >= 0.6 is 0 Å². The number of nitrogens with one attached hydrogen (secondary N) is 1. The molecule has 2 aromatic carbocycles. The van der Waals surface area contributed by atoms with E-state index in [-0.39, 0.29) is 17.9 Å². The Morgan fingerprint density at radius 1 is 1.12 bits per heavy atom. The zero-order valence-corrected chi connectivity index (χ0v) is 19.0. The Labute approximate surface area is 186 Å². The van der Waals surface area contributed by atoms with Crippen LogP contribution in [0.1, 0.15) is 37.0 Å². The summed E-state index contributed by atoms with van der Waals surface area (Å²) in [6, 6.07) is 8.88. The lowest BCUT2D eigenvalue weighted by Crippen LogP contribution is -2.32. The van der Waals surface area contributed by atoms with E-state index < -0.39 is 5.63 Å². The van der Waals surface area contributed by atoms with Crippen LogP contribution in [0.2, 0.25) is 0 Å². The lowest BCUT2D eigenvalue weighted by molar-refractivity contribution is -0.115. The molecule has 1 aliphatic heterocycles. The third kappa shape index (κ3) is 4.15. The fraction of sp³-hybridized carbons (Fsp3) is 0.360. The lowest BCUT2D eigenvalue weighted by atomic mass is 9.92. The van der Waals surface area contributed by atoms with Crippen molar-refractivity contribution < 1.29 is 23.4 Å². The van der Waals surface area contributed by atoms with Gasteiger partial charge in [-0.2, -0.15) is 0 Å². The minimum absolute atomic E-state index is 0.0981. The summed E-state index contributed by atoms with van der Waals surface area (Å²) in [6.07, 6.45) is 1.69. The van der Waals surface area contributed by atoms with Gasteiger partial charge in [0.2, 0.25) is 5.91 Å². The summed E-state index contributed by atoms with van der Waals surface area (Å²) in [5, 5.41) is 3.62. The number of amides is 1. The van der Waals surface area contributed by atoms with Gasteiger partial charge < -0.3 is 23.9 Å². The number of hydrogen-bond donors (Lipinski definition) is 1. The predicted molar refractivity (Wildman–Crippen MR) is 122 cm³/mol. The molecule has 7 nitrogen and oxygen atoms in total. The van der Waals surface area contributed by atoms with E-state index in [4.69, 9.17) is 18.6 Å². The summed E-state index contributed by atoms with van der Waals surface area (Å²) in [7, 11) is 3.07. The summed E-state index contributed by atoms with van der Waals surface area (Å²) in [6.45, 7) is 5.93. The summed E-state index contributed by atoms with van der Waals surface area (Å²) >= 11 is 0. The molecule has 1 amide bonds. The number of fused-ring (bicyclic) bond motifs is 2. The fourth-order valence-electron chi connectivity index (χ4n) is 4.02. The predicted octanol–water partition coefficient (Wildman–Crippen LogP) is 4.40. The van der Waals surface area contributed by atoms with Crippen molar-refractivity contribution >= 4 is 22.6 Å². The average molecular weight is 437 g/mol. The lowest BCUT2D eigenvalue weighted by Gasteiger charge is -2.32. The Morgan fingerprint density at radius 3 is 2.59 bits per heavy atom. The molecule has 0 atom stereocenters. The van der Waals surface area contributed by atoms with Crippen LogP contribution in [0.5, 0.6) is 17.2 Å². The van der Waals surface area contributed by atoms with Gasteiger partial charge >= 0.3 is 5.63 Å². The molecule has 1 aromatic heterocycles. The maximum Gasteiger partial charge on any atom is 0.340 e. The summed E-state index contributed by atoms with van der Waals surface area (Å²) in [4.78, 5) is 25.4. The van der Waals surface area contributed by atoms with Gasteiger partial charge in [0, 0.05) is 23.2 Å². The summed E-state index contributed by atoms with van der Waals surface area (Å²) in [5.74, 6) is 1.49. The van der Waals surface area contributed by atoms with E-state index >= 15 is 0 Å². The van der Waals surface area contributed by atoms with Crippen molar-refractivity contribution in [2.24, 2.45) is 0 Å². The van der Waals surface area contributed by atoms with Crippen LogP contribution in [0.15, 0.2) is 39.5 Å². The van der Waals surface area contributed by atoms with E-state index in [0.717, 1.165) is 35.1 Å². The van der Waals surface area contributed by atoms with E-state index in [1.165, 1.54) is 7.11 Å². The quantitative estimate of drug-likeness (QED) is 0.595. The highest BCUT2D eigenvalue weighted by Crippen LogP contribution is 2.37. The van der Waals surface area contributed by atoms with Crippen LogP contribution in [0.3, 0.4) is 0 Å². The molecule has 0 spiro atoms. The Kier molecular flexibility index (Phi) is 5.59. The molecule has 0 saturated carbocycles. The molecule has 0 unspecified atom stereocenters. The first-order chi connectivity index (χ1) is 15.2. The van der Waals surface area contributed by atoms with Crippen molar-refractivity contribution in [2.45, 2.75) is 45.6 Å².